The highest BCUT2D eigenvalue weighted by molar-refractivity contribution is 5.08. The van der Waals surface area contributed by atoms with Crippen molar-refractivity contribution in [1.29, 1.82) is 0 Å². The van der Waals surface area contributed by atoms with E-state index in [9.17, 15) is 0 Å². The van der Waals surface area contributed by atoms with E-state index in [-0.39, 0.29) is 0 Å². The number of nitrogens with zero attached hydrogens (tertiary/aromatic N) is 2. The van der Waals surface area contributed by atoms with Crippen LogP contribution in [0.25, 0.3) is 0 Å². The van der Waals surface area contributed by atoms with Gasteiger partial charge in [0.1, 0.15) is 5.82 Å². The second kappa shape index (κ2) is 13.5. The molecule has 0 amide bonds. The molecule has 0 spiro atoms. The molecule has 2 nitrogen and oxygen atoms in total. The molecule has 0 aromatic carbocycles. The molecule has 3 rings (SSSR count). The van der Waals surface area contributed by atoms with Crippen LogP contribution in [0, 0.1) is 17.8 Å². The van der Waals surface area contributed by atoms with Crippen LogP contribution < -0.4 is 0 Å². The van der Waals surface area contributed by atoms with E-state index in [0.29, 0.717) is 5.92 Å². The SMILES string of the molecule is CCCCCCC[C@H]1CC[C@H](CCC2CCC(c3ncc(CCC)cn3)CC2)CC1. The van der Waals surface area contributed by atoms with Gasteiger partial charge in [-0.2, -0.15) is 0 Å². The van der Waals surface area contributed by atoms with Gasteiger partial charge in [0.15, 0.2) is 0 Å². The highest BCUT2D eigenvalue weighted by Crippen LogP contribution is 2.39. The third kappa shape index (κ3) is 7.97. The van der Waals surface area contributed by atoms with Crippen molar-refractivity contribution in [3.63, 3.8) is 0 Å². The molecule has 1 aromatic heterocycles. The van der Waals surface area contributed by atoms with Gasteiger partial charge >= 0.3 is 0 Å². The Kier molecular flexibility index (Phi) is 10.7. The van der Waals surface area contributed by atoms with Crippen molar-refractivity contribution >= 4 is 0 Å². The predicted molar refractivity (Wildman–Crippen MR) is 129 cm³/mol. The Morgan fingerprint density at radius 1 is 0.633 bits per heavy atom. The highest BCUT2D eigenvalue weighted by atomic mass is 14.9. The van der Waals surface area contributed by atoms with Gasteiger partial charge < -0.3 is 0 Å². The van der Waals surface area contributed by atoms with Gasteiger partial charge in [0.05, 0.1) is 0 Å². The maximum absolute atomic E-state index is 4.70. The summed E-state index contributed by atoms with van der Waals surface area (Å²) in [5, 5.41) is 0. The van der Waals surface area contributed by atoms with Gasteiger partial charge in [-0.1, -0.05) is 97.3 Å². The van der Waals surface area contributed by atoms with Crippen molar-refractivity contribution in [2.24, 2.45) is 17.8 Å². The zero-order valence-electron chi connectivity index (χ0n) is 20.1. The second-order valence-electron chi connectivity index (χ2n) is 10.6. The molecule has 0 aliphatic heterocycles. The largest absolute Gasteiger partial charge is 0.241 e. The van der Waals surface area contributed by atoms with E-state index in [0.717, 1.165) is 30.0 Å². The van der Waals surface area contributed by atoms with E-state index < -0.39 is 0 Å². The molecule has 0 unspecified atom stereocenters. The van der Waals surface area contributed by atoms with E-state index in [1.807, 2.05) is 0 Å². The summed E-state index contributed by atoms with van der Waals surface area (Å²) in [5.74, 6) is 4.79. The molecule has 170 valence electrons. The fraction of sp³-hybridized carbons (Fsp3) is 0.857. The first-order valence-electron chi connectivity index (χ1n) is 13.6. The van der Waals surface area contributed by atoms with Crippen LogP contribution in [0.5, 0.6) is 0 Å². The van der Waals surface area contributed by atoms with Crippen LogP contribution in [0.3, 0.4) is 0 Å². The Balaban J connectivity index is 1.26. The average Bonchev–Trinajstić information content (AvgIpc) is 2.79. The molecule has 1 heterocycles. The summed E-state index contributed by atoms with van der Waals surface area (Å²) in [6.45, 7) is 4.53. The topological polar surface area (TPSA) is 25.8 Å². The van der Waals surface area contributed by atoms with Gasteiger partial charge in [0, 0.05) is 18.3 Å². The third-order valence-electron chi connectivity index (χ3n) is 8.14. The van der Waals surface area contributed by atoms with E-state index in [2.05, 4.69) is 26.2 Å². The number of hydrogen-bond acceptors (Lipinski definition) is 2. The molecule has 2 saturated carbocycles. The summed E-state index contributed by atoms with van der Waals surface area (Å²) in [6.07, 6.45) is 29.7. The number of aromatic nitrogens is 2. The molecule has 30 heavy (non-hydrogen) atoms. The van der Waals surface area contributed by atoms with Gasteiger partial charge in [-0.3, -0.25) is 0 Å². The number of hydrogen-bond donors (Lipinski definition) is 0. The molecule has 2 aliphatic rings. The Morgan fingerprint density at radius 3 is 1.73 bits per heavy atom. The Bertz CT molecular complexity index is 551. The van der Waals surface area contributed by atoms with Crippen LogP contribution in [0.15, 0.2) is 12.4 Å². The fourth-order valence-electron chi connectivity index (χ4n) is 6.02. The average molecular weight is 413 g/mol. The summed E-state index contributed by atoms with van der Waals surface area (Å²) >= 11 is 0. The van der Waals surface area contributed by atoms with Crippen LogP contribution in [-0.2, 0) is 6.42 Å². The van der Waals surface area contributed by atoms with Crippen LogP contribution in [-0.4, -0.2) is 9.97 Å². The molecule has 0 atom stereocenters. The molecule has 0 saturated heterocycles. The maximum atomic E-state index is 4.70. The lowest BCUT2D eigenvalue weighted by Gasteiger charge is -2.31. The lowest BCUT2D eigenvalue weighted by atomic mass is 9.74. The van der Waals surface area contributed by atoms with Crippen molar-refractivity contribution < 1.29 is 0 Å². The van der Waals surface area contributed by atoms with Crippen molar-refractivity contribution in [1.82, 2.24) is 9.97 Å². The molecule has 2 aliphatic carbocycles. The summed E-state index contributed by atoms with van der Waals surface area (Å²) in [5.41, 5.74) is 1.29. The Hall–Kier alpha value is -0.920. The van der Waals surface area contributed by atoms with Gasteiger partial charge in [-0.15, -0.1) is 0 Å². The lowest BCUT2D eigenvalue weighted by Crippen LogP contribution is -2.18. The van der Waals surface area contributed by atoms with Crippen LogP contribution in [0.2, 0.25) is 0 Å². The van der Waals surface area contributed by atoms with Crippen LogP contribution in [0.1, 0.15) is 140 Å². The zero-order chi connectivity index (χ0) is 21.0. The molecular weight excluding hydrogens is 364 g/mol. The Labute approximate surface area is 187 Å². The molecule has 0 radical (unpaired) electrons. The zero-order valence-corrected chi connectivity index (χ0v) is 20.1. The van der Waals surface area contributed by atoms with Gasteiger partial charge in [0.2, 0.25) is 0 Å². The summed E-state index contributed by atoms with van der Waals surface area (Å²) in [7, 11) is 0. The number of rotatable bonds is 12. The summed E-state index contributed by atoms with van der Waals surface area (Å²) in [6, 6.07) is 0. The van der Waals surface area contributed by atoms with E-state index in [4.69, 9.17) is 9.97 Å². The quantitative estimate of drug-likeness (QED) is 0.321. The second-order valence-corrected chi connectivity index (χ2v) is 10.6. The first-order chi connectivity index (χ1) is 14.8. The predicted octanol–water partition coefficient (Wildman–Crippen LogP) is 8.65. The van der Waals surface area contributed by atoms with E-state index in [1.165, 1.54) is 115 Å². The summed E-state index contributed by atoms with van der Waals surface area (Å²) in [4.78, 5) is 9.39. The molecule has 2 fully saturated rings. The summed E-state index contributed by atoms with van der Waals surface area (Å²) < 4.78 is 0. The maximum Gasteiger partial charge on any atom is 0.131 e. The van der Waals surface area contributed by atoms with E-state index >= 15 is 0 Å². The first kappa shape index (κ1) is 23.7. The smallest absolute Gasteiger partial charge is 0.131 e. The van der Waals surface area contributed by atoms with Crippen molar-refractivity contribution in [3.05, 3.63) is 23.8 Å². The minimum atomic E-state index is 0.615. The van der Waals surface area contributed by atoms with Crippen LogP contribution >= 0.6 is 0 Å². The van der Waals surface area contributed by atoms with Gasteiger partial charge in [-0.25, -0.2) is 9.97 Å². The van der Waals surface area contributed by atoms with Crippen molar-refractivity contribution in [2.75, 3.05) is 0 Å². The number of aryl methyl sites for hydroxylation is 1. The van der Waals surface area contributed by atoms with Crippen molar-refractivity contribution in [2.45, 2.75) is 135 Å². The first-order valence-corrected chi connectivity index (χ1v) is 13.6. The van der Waals surface area contributed by atoms with E-state index in [1.54, 1.807) is 0 Å². The highest BCUT2D eigenvalue weighted by Gasteiger charge is 2.26. The normalized spacial score (nSPS) is 27.3. The van der Waals surface area contributed by atoms with Gasteiger partial charge in [0.25, 0.3) is 0 Å². The molecule has 0 bridgehead atoms. The Morgan fingerprint density at radius 2 is 1.17 bits per heavy atom. The minimum Gasteiger partial charge on any atom is -0.241 e. The fourth-order valence-corrected chi connectivity index (χ4v) is 6.02. The molecule has 1 aromatic rings. The van der Waals surface area contributed by atoms with Gasteiger partial charge in [-0.05, 0) is 55.4 Å². The molecular formula is C28H48N2. The molecule has 0 N–H and O–H groups in total. The molecule has 2 heteroatoms. The number of unbranched alkanes of at least 4 members (excludes halogenated alkanes) is 4. The third-order valence-corrected chi connectivity index (χ3v) is 8.14. The minimum absolute atomic E-state index is 0.615. The van der Waals surface area contributed by atoms with Crippen molar-refractivity contribution in [3.8, 4) is 0 Å². The van der Waals surface area contributed by atoms with Crippen LogP contribution in [0.4, 0.5) is 0 Å². The lowest BCUT2D eigenvalue weighted by molar-refractivity contribution is 0.221. The monoisotopic (exact) mass is 412 g/mol. The standard InChI is InChI=1S/C28H48N2/c1-3-5-6-7-8-10-23-11-13-24(14-12-23)15-16-25-17-19-27(20-18-25)28-29-21-26(9-4-2)22-30-28/h21-25,27H,3-20H2,1-2H3/t23-,24-,25?,27?.